The minimum Gasteiger partial charge on any atom is -0.469 e. The van der Waals surface area contributed by atoms with E-state index in [1.165, 1.54) is 7.11 Å². The Morgan fingerprint density at radius 3 is 2.07 bits per heavy atom. The summed E-state index contributed by atoms with van der Waals surface area (Å²) in [4.78, 5) is 11.7. The summed E-state index contributed by atoms with van der Waals surface area (Å²) in [7, 11) is 1.47. The number of carbonyl (C=O) groups excluding carboxylic acids is 1. The van der Waals surface area contributed by atoms with Gasteiger partial charge in [-0.2, -0.15) is 0 Å². The number of carbonyl (C=O) groups is 1. The van der Waals surface area contributed by atoms with Crippen LogP contribution in [0, 0.1) is 17.3 Å². The van der Waals surface area contributed by atoms with Crippen LogP contribution in [0.15, 0.2) is 0 Å². The van der Waals surface area contributed by atoms with Crippen molar-refractivity contribution in [3.63, 3.8) is 0 Å². The standard InChI is InChI=1S/C12H24O2/c1-9(2)7-8-12(5,10(3)4)11(13)14-6/h9-10H,7-8H2,1-6H3. The van der Waals surface area contributed by atoms with E-state index in [2.05, 4.69) is 27.7 Å². The molecule has 0 spiro atoms. The van der Waals surface area contributed by atoms with E-state index in [0.717, 1.165) is 12.8 Å². The average molecular weight is 200 g/mol. The van der Waals surface area contributed by atoms with Crippen LogP contribution in [0.5, 0.6) is 0 Å². The molecule has 0 fully saturated rings. The third kappa shape index (κ3) is 3.32. The fourth-order valence-electron chi connectivity index (χ4n) is 1.45. The molecule has 14 heavy (non-hydrogen) atoms. The van der Waals surface area contributed by atoms with E-state index in [1.807, 2.05) is 6.92 Å². The first-order valence-corrected chi connectivity index (χ1v) is 5.43. The second-order valence-electron chi connectivity index (χ2n) is 5.00. The SMILES string of the molecule is COC(=O)C(C)(CCC(C)C)C(C)C. The van der Waals surface area contributed by atoms with Gasteiger partial charge in [0.1, 0.15) is 0 Å². The van der Waals surface area contributed by atoms with Gasteiger partial charge < -0.3 is 4.74 Å². The first kappa shape index (κ1) is 13.5. The molecule has 0 aliphatic rings. The molecule has 1 atom stereocenters. The number of methoxy groups -OCH3 is 1. The number of hydrogen-bond donors (Lipinski definition) is 0. The molecule has 84 valence electrons. The molecule has 0 saturated heterocycles. The monoisotopic (exact) mass is 200 g/mol. The second kappa shape index (κ2) is 5.38. The van der Waals surface area contributed by atoms with Crippen molar-refractivity contribution < 1.29 is 9.53 Å². The fraction of sp³-hybridized carbons (Fsp3) is 0.917. The van der Waals surface area contributed by atoms with E-state index in [1.54, 1.807) is 0 Å². The normalized spacial score (nSPS) is 15.7. The Morgan fingerprint density at radius 2 is 1.79 bits per heavy atom. The van der Waals surface area contributed by atoms with Crippen molar-refractivity contribution in [2.24, 2.45) is 17.3 Å². The van der Waals surface area contributed by atoms with Crippen LogP contribution in [0.4, 0.5) is 0 Å². The van der Waals surface area contributed by atoms with E-state index < -0.39 is 0 Å². The maximum atomic E-state index is 11.7. The lowest BCUT2D eigenvalue weighted by molar-refractivity contribution is -0.155. The zero-order valence-corrected chi connectivity index (χ0v) is 10.4. The molecule has 0 heterocycles. The van der Waals surface area contributed by atoms with Crippen LogP contribution < -0.4 is 0 Å². The highest BCUT2D eigenvalue weighted by Crippen LogP contribution is 2.34. The minimum atomic E-state index is -0.320. The lowest BCUT2D eigenvalue weighted by Gasteiger charge is -2.31. The van der Waals surface area contributed by atoms with Crippen LogP contribution >= 0.6 is 0 Å². The largest absolute Gasteiger partial charge is 0.469 e. The predicted molar refractivity (Wildman–Crippen MR) is 59.0 cm³/mol. The third-order valence-electron chi connectivity index (χ3n) is 3.17. The molecule has 0 saturated carbocycles. The average Bonchev–Trinajstić information content (AvgIpc) is 2.12. The summed E-state index contributed by atoms with van der Waals surface area (Å²) in [5, 5.41) is 0. The fourth-order valence-corrected chi connectivity index (χ4v) is 1.45. The smallest absolute Gasteiger partial charge is 0.311 e. The van der Waals surface area contributed by atoms with Crippen LogP contribution in [0.2, 0.25) is 0 Å². The Balaban J connectivity index is 4.48. The van der Waals surface area contributed by atoms with Crippen LogP contribution in [-0.2, 0) is 9.53 Å². The number of rotatable bonds is 5. The molecule has 0 aliphatic carbocycles. The highest BCUT2D eigenvalue weighted by molar-refractivity contribution is 5.76. The lowest BCUT2D eigenvalue weighted by Crippen LogP contribution is -2.34. The Morgan fingerprint density at radius 1 is 1.29 bits per heavy atom. The van der Waals surface area contributed by atoms with Gasteiger partial charge in [0.15, 0.2) is 0 Å². The molecule has 0 N–H and O–H groups in total. The van der Waals surface area contributed by atoms with Crippen molar-refractivity contribution in [3.8, 4) is 0 Å². The Labute approximate surface area is 88.0 Å². The summed E-state index contributed by atoms with van der Waals surface area (Å²) in [5.74, 6) is 0.889. The Hall–Kier alpha value is -0.530. The van der Waals surface area contributed by atoms with Gasteiger partial charge in [-0.05, 0) is 31.6 Å². The number of esters is 1. The summed E-state index contributed by atoms with van der Waals surface area (Å²) in [6.45, 7) is 10.5. The summed E-state index contributed by atoms with van der Waals surface area (Å²) in [6.07, 6.45) is 1.98. The number of hydrogen-bond acceptors (Lipinski definition) is 2. The van der Waals surface area contributed by atoms with E-state index in [0.29, 0.717) is 11.8 Å². The molecule has 0 aromatic heterocycles. The molecule has 1 unspecified atom stereocenters. The maximum Gasteiger partial charge on any atom is 0.311 e. The highest BCUT2D eigenvalue weighted by Gasteiger charge is 2.37. The summed E-state index contributed by atoms with van der Waals surface area (Å²) in [6, 6.07) is 0. The topological polar surface area (TPSA) is 26.3 Å². The molecule has 0 aromatic rings. The van der Waals surface area contributed by atoms with Gasteiger partial charge in [0.25, 0.3) is 0 Å². The molecule has 0 radical (unpaired) electrons. The summed E-state index contributed by atoms with van der Waals surface area (Å²) >= 11 is 0. The lowest BCUT2D eigenvalue weighted by atomic mass is 9.74. The van der Waals surface area contributed by atoms with E-state index in [4.69, 9.17) is 4.74 Å². The maximum absolute atomic E-state index is 11.7. The summed E-state index contributed by atoms with van der Waals surface area (Å²) < 4.78 is 4.87. The van der Waals surface area contributed by atoms with Gasteiger partial charge in [-0.15, -0.1) is 0 Å². The van der Waals surface area contributed by atoms with Crippen LogP contribution in [-0.4, -0.2) is 13.1 Å². The third-order valence-corrected chi connectivity index (χ3v) is 3.17. The molecule has 2 nitrogen and oxygen atoms in total. The van der Waals surface area contributed by atoms with Crippen molar-refractivity contribution in [2.45, 2.75) is 47.5 Å². The van der Waals surface area contributed by atoms with Crippen LogP contribution in [0.3, 0.4) is 0 Å². The quantitative estimate of drug-likeness (QED) is 0.637. The van der Waals surface area contributed by atoms with Gasteiger partial charge in [-0.3, -0.25) is 4.79 Å². The van der Waals surface area contributed by atoms with Crippen LogP contribution in [0.1, 0.15) is 47.5 Å². The molecular weight excluding hydrogens is 176 g/mol. The molecule has 0 aromatic carbocycles. The van der Waals surface area contributed by atoms with E-state index in [9.17, 15) is 4.79 Å². The Bertz CT molecular complexity index is 185. The molecule has 0 bridgehead atoms. The first-order valence-electron chi connectivity index (χ1n) is 5.43. The van der Waals surface area contributed by atoms with Gasteiger partial charge >= 0.3 is 5.97 Å². The molecular formula is C12H24O2. The Kier molecular flexibility index (Phi) is 5.17. The van der Waals surface area contributed by atoms with Gasteiger partial charge in [-0.25, -0.2) is 0 Å². The van der Waals surface area contributed by atoms with Gasteiger partial charge in [0, 0.05) is 0 Å². The van der Waals surface area contributed by atoms with Crippen molar-refractivity contribution in [1.29, 1.82) is 0 Å². The van der Waals surface area contributed by atoms with Crippen molar-refractivity contribution in [2.75, 3.05) is 7.11 Å². The molecule has 2 heteroatoms. The molecule has 0 rings (SSSR count). The van der Waals surface area contributed by atoms with Gasteiger partial charge in [-0.1, -0.05) is 27.7 Å². The molecule has 0 aliphatic heterocycles. The van der Waals surface area contributed by atoms with Crippen molar-refractivity contribution in [3.05, 3.63) is 0 Å². The van der Waals surface area contributed by atoms with Gasteiger partial charge in [0.2, 0.25) is 0 Å². The van der Waals surface area contributed by atoms with Crippen LogP contribution in [0.25, 0.3) is 0 Å². The van der Waals surface area contributed by atoms with E-state index >= 15 is 0 Å². The zero-order valence-electron chi connectivity index (χ0n) is 10.4. The van der Waals surface area contributed by atoms with Crippen molar-refractivity contribution in [1.82, 2.24) is 0 Å². The van der Waals surface area contributed by atoms with Gasteiger partial charge in [0.05, 0.1) is 12.5 Å². The van der Waals surface area contributed by atoms with Crippen molar-refractivity contribution >= 4 is 5.97 Å². The minimum absolute atomic E-state index is 0.0758. The van der Waals surface area contributed by atoms with E-state index in [-0.39, 0.29) is 11.4 Å². The summed E-state index contributed by atoms with van der Waals surface area (Å²) in [5.41, 5.74) is -0.320. The highest BCUT2D eigenvalue weighted by atomic mass is 16.5. The predicted octanol–water partition coefficient (Wildman–Crippen LogP) is 3.26. The second-order valence-corrected chi connectivity index (χ2v) is 5.00. The zero-order chi connectivity index (χ0) is 11.4. The number of ether oxygens (including phenoxy) is 1. The first-order chi connectivity index (χ1) is 6.34. The molecule has 0 amide bonds.